The van der Waals surface area contributed by atoms with Crippen molar-refractivity contribution in [3.63, 3.8) is 0 Å². The third kappa shape index (κ3) is 4.13. The Labute approximate surface area is 145 Å². The lowest BCUT2D eigenvalue weighted by Crippen LogP contribution is -2.09. The molecule has 0 unspecified atom stereocenters. The fraction of sp³-hybridized carbons (Fsp3) is 0. The van der Waals surface area contributed by atoms with Crippen LogP contribution in [0.5, 0.6) is 17.4 Å². The number of hydrogen-bond acceptors (Lipinski definition) is 6. The van der Waals surface area contributed by atoms with E-state index in [1.54, 1.807) is 36.5 Å². The molecule has 0 saturated carbocycles. The molecule has 2 aromatic carbocycles. The first-order valence-corrected chi connectivity index (χ1v) is 8.61. The summed E-state index contributed by atoms with van der Waals surface area (Å²) in [5.41, 5.74) is 0.240. The van der Waals surface area contributed by atoms with Gasteiger partial charge in [-0.3, -0.25) is 0 Å². The zero-order valence-electron chi connectivity index (χ0n) is 12.9. The van der Waals surface area contributed by atoms with Crippen LogP contribution in [0.15, 0.2) is 77.8 Å². The molecule has 7 heteroatoms. The van der Waals surface area contributed by atoms with Gasteiger partial charge in [-0.2, -0.15) is 13.7 Å². The lowest BCUT2D eigenvalue weighted by atomic mass is 10.2. The first kappa shape index (κ1) is 16.5. The second-order valence-corrected chi connectivity index (χ2v) is 6.46. The molecule has 0 aliphatic carbocycles. The van der Waals surface area contributed by atoms with Gasteiger partial charge in [0.05, 0.1) is 11.6 Å². The highest BCUT2D eigenvalue weighted by Crippen LogP contribution is 2.24. The first-order valence-electron chi connectivity index (χ1n) is 7.20. The summed E-state index contributed by atoms with van der Waals surface area (Å²) in [5, 5.41) is 8.86. The summed E-state index contributed by atoms with van der Waals surface area (Å²) in [6, 6.07) is 18.9. The maximum Gasteiger partial charge on any atom is 0.339 e. The van der Waals surface area contributed by atoms with Gasteiger partial charge in [-0.15, -0.1) is 0 Å². The molecule has 0 saturated heterocycles. The average Bonchev–Trinajstić information content (AvgIpc) is 2.64. The lowest BCUT2D eigenvalue weighted by Gasteiger charge is -2.08. The van der Waals surface area contributed by atoms with E-state index in [4.69, 9.17) is 14.2 Å². The summed E-state index contributed by atoms with van der Waals surface area (Å²) in [4.78, 5) is 3.95. The van der Waals surface area contributed by atoms with E-state index in [9.17, 15) is 8.42 Å². The summed E-state index contributed by atoms with van der Waals surface area (Å²) in [6.45, 7) is 0. The minimum Gasteiger partial charge on any atom is -0.439 e. The van der Waals surface area contributed by atoms with Gasteiger partial charge in [0.2, 0.25) is 5.88 Å². The van der Waals surface area contributed by atoms with E-state index in [0.29, 0.717) is 11.6 Å². The Morgan fingerprint density at radius 3 is 2.36 bits per heavy atom. The second-order valence-electron chi connectivity index (χ2n) is 4.92. The molecule has 124 valence electrons. The van der Waals surface area contributed by atoms with Crippen LogP contribution in [0.25, 0.3) is 0 Å². The Bertz CT molecular complexity index is 1010. The minimum absolute atomic E-state index is 0.0830. The molecule has 3 rings (SSSR count). The van der Waals surface area contributed by atoms with Crippen molar-refractivity contribution in [3.05, 3.63) is 78.5 Å². The normalized spacial score (nSPS) is 10.7. The molecule has 0 aliphatic heterocycles. The maximum atomic E-state index is 12.3. The van der Waals surface area contributed by atoms with Crippen LogP contribution in [0.4, 0.5) is 0 Å². The van der Waals surface area contributed by atoms with Crippen molar-refractivity contribution in [2.45, 2.75) is 4.90 Å². The SMILES string of the molecule is N#Cc1cccc(S(=O)(=O)Oc2ccc(Oc3ccccn3)cc2)c1. The zero-order valence-corrected chi connectivity index (χ0v) is 13.7. The van der Waals surface area contributed by atoms with Crippen molar-refractivity contribution in [2.24, 2.45) is 0 Å². The fourth-order valence-electron chi connectivity index (χ4n) is 1.99. The molecule has 1 heterocycles. The predicted molar refractivity (Wildman–Crippen MR) is 89.7 cm³/mol. The number of aromatic nitrogens is 1. The van der Waals surface area contributed by atoms with Crippen LogP contribution in [0, 0.1) is 11.3 Å². The van der Waals surface area contributed by atoms with Gasteiger partial charge in [0.25, 0.3) is 0 Å². The van der Waals surface area contributed by atoms with Crippen LogP contribution in [-0.4, -0.2) is 13.4 Å². The highest BCUT2D eigenvalue weighted by Gasteiger charge is 2.17. The molecular weight excluding hydrogens is 340 g/mol. The maximum absolute atomic E-state index is 12.3. The van der Waals surface area contributed by atoms with E-state index < -0.39 is 10.1 Å². The zero-order chi connectivity index (χ0) is 17.7. The highest BCUT2D eigenvalue weighted by atomic mass is 32.2. The number of benzene rings is 2. The largest absolute Gasteiger partial charge is 0.439 e. The van der Waals surface area contributed by atoms with Crippen LogP contribution >= 0.6 is 0 Å². The molecular formula is C18H12N2O4S. The number of nitrogens with zero attached hydrogens (tertiary/aromatic N) is 2. The van der Waals surface area contributed by atoms with Crippen LogP contribution < -0.4 is 8.92 Å². The van der Waals surface area contributed by atoms with E-state index in [1.807, 2.05) is 6.07 Å². The monoisotopic (exact) mass is 352 g/mol. The van der Waals surface area contributed by atoms with Crippen LogP contribution in [0.2, 0.25) is 0 Å². The van der Waals surface area contributed by atoms with E-state index in [-0.39, 0.29) is 16.2 Å². The standard InChI is InChI=1S/C18H12N2O4S/c19-13-14-4-3-5-17(12-14)25(21,22)24-16-9-7-15(8-10-16)23-18-6-1-2-11-20-18/h1-12H. The molecule has 0 aliphatic rings. The van der Waals surface area contributed by atoms with Gasteiger partial charge < -0.3 is 8.92 Å². The molecule has 3 aromatic rings. The molecule has 0 amide bonds. The summed E-state index contributed by atoms with van der Waals surface area (Å²) in [7, 11) is -4.02. The van der Waals surface area contributed by atoms with E-state index in [2.05, 4.69) is 4.98 Å². The Kier molecular flexibility index (Phi) is 4.64. The topological polar surface area (TPSA) is 89.3 Å². The fourth-order valence-corrected chi connectivity index (χ4v) is 2.96. The Morgan fingerprint density at radius 1 is 0.920 bits per heavy atom. The lowest BCUT2D eigenvalue weighted by molar-refractivity contribution is 0.459. The molecule has 0 N–H and O–H groups in total. The third-order valence-electron chi connectivity index (χ3n) is 3.14. The van der Waals surface area contributed by atoms with Crippen molar-refractivity contribution in [1.82, 2.24) is 4.98 Å². The molecule has 0 atom stereocenters. The van der Waals surface area contributed by atoms with Crippen LogP contribution in [0.3, 0.4) is 0 Å². The molecule has 25 heavy (non-hydrogen) atoms. The highest BCUT2D eigenvalue weighted by molar-refractivity contribution is 7.87. The molecule has 0 bridgehead atoms. The number of pyridine rings is 1. The number of nitriles is 1. The Morgan fingerprint density at radius 2 is 1.68 bits per heavy atom. The van der Waals surface area contributed by atoms with Crippen LogP contribution in [0.1, 0.15) is 5.56 Å². The van der Waals surface area contributed by atoms with Crippen molar-refractivity contribution in [3.8, 4) is 23.4 Å². The minimum atomic E-state index is -4.02. The predicted octanol–water partition coefficient (Wildman–Crippen LogP) is 3.51. The molecule has 0 spiro atoms. The molecule has 6 nitrogen and oxygen atoms in total. The van der Waals surface area contributed by atoms with Crippen molar-refractivity contribution >= 4 is 10.1 Å². The summed E-state index contributed by atoms with van der Waals surface area (Å²) in [6.07, 6.45) is 1.61. The molecule has 0 radical (unpaired) electrons. The third-order valence-corrected chi connectivity index (χ3v) is 4.38. The molecule has 0 fully saturated rings. The number of hydrogen-bond donors (Lipinski definition) is 0. The van der Waals surface area contributed by atoms with E-state index >= 15 is 0 Å². The summed E-state index contributed by atoms with van der Waals surface area (Å²) >= 11 is 0. The van der Waals surface area contributed by atoms with Gasteiger partial charge in [-0.1, -0.05) is 12.1 Å². The van der Waals surface area contributed by atoms with Crippen molar-refractivity contribution in [2.75, 3.05) is 0 Å². The van der Waals surface area contributed by atoms with E-state index in [1.165, 1.54) is 36.4 Å². The van der Waals surface area contributed by atoms with Crippen molar-refractivity contribution in [1.29, 1.82) is 5.26 Å². The Balaban J connectivity index is 1.75. The average molecular weight is 352 g/mol. The number of ether oxygens (including phenoxy) is 1. The second kappa shape index (κ2) is 7.03. The van der Waals surface area contributed by atoms with Gasteiger partial charge in [-0.05, 0) is 48.5 Å². The van der Waals surface area contributed by atoms with E-state index in [0.717, 1.165) is 0 Å². The summed E-state index contributed by atoms with van der Waals surface area (Å²) < 4.78 is 35.2. The van der Waals surface area contributed by atoms with Crippen LogP contribution in [-0.2, 0) is 10.1 Å². The van der Waals surface area contributed by atoms with Crippen molar-refractivity contribution < 1.29 is 17.3 Å². The van der Waals surface area contributed by atoms with Gasteiger partial charge in [0.15, 0.2) is 0 Å². The quantitative estimate of drug-likeness (QED) is 0.653. The van der Waals surface area contributed by atoms with Gasteiger partial charge in [0.1, 0.15) is 16.4 Å². The molecule has 1 aromatic heterocycles. The number of rotatable bonds is 5. The summed E-state index contributed by atoms with van der Waals surface area (Å²) in [5.74, 6) is 1.06. The van der Waals surface area contributed by atoms with Gasteiger partial charge in [0, 0.05) is 12.3 Å². The van der Waals surface area contributed by atoms with Gasteiger partial charge in [-0.25, -0.2) is 4.98 Å². The first-order chi connectivity index (χ1) is 12.1. The smallest absolute Gasteiger partial charge is 0.339 e. The Hall–Kier alpha value is -3.37. The van der Waals surface area contributed by atoms with Gasteiger partial charge >= 0.3 is 10.1 Å².